The molecule has 0 unspecified atom stereocenters. The van der Waals surface area contributed by atoms with Crippen LogP contribution in [0.5, 0.6) is 5.75 Å². The largest absolute Gasteiger partial charge is 0.494 e. The van der Waals surface area contributed by atoms with E-state index in [0.29, 0.717) is 5.75 Å². The smallest absolute Gasteiger partial charge is 0.341 e. The maximum Gasteiger partial charge on any atom is 0.341 e. The monoisotopic (exact) mass is 344 g/mol. The molecule has 25 heavy (non-hydrogen) atoms. The second-order valence-corrected chi connectivity index (χ2v) is 6.72. The second-order valence-electron chi connectivity index (χ2n) is 6.72. The number of rotatable bonds is 4. The maximum absolute atomic E-state index is 12.6. The highest BCUT2D eigenvalue weighted by Gasteiger charge is 2.28. The number of ether oxygens (including phenoxy) is 1. The molecule has 0 radical (unpaired) electrons. The van der Waals surface area contributed by atoms with E-state index in [2.05, 4.69) is 5.10 Å². The first-order chi connectivity index (χ1) is 11.6. The van der Waals surface area contributed by atoms with Gasteiger partial charge >= 0.3 is 5.97 Å². The fourth-order valence-electron chi connectivity index (χ4n) is 2.27. The van der Waals surface area contributed by atoms with E-state index in [1.807, 2.05) is 6.92 Å². The van der Waals surface area contributed by atoms with Crippen LogP contribution in [0.25, 0.3) is 5.69 Å². The first kappa shape index (κ1) is 18.4. The summed E-state index contributed by atoms with van der Waals surface area (Å²) in [6, 6.07) is 6.11. The molecule has 0 fully saturated rings. The fourth-order valence-corrected chi connectivity index (χ4v) is 2.27. The highest BCUT2D eigenvalue weighted by Crippen LogP contribution is 2.24. The minimum atomic E-state index is -1.42. The zero-order valence-corrected chi connectivity index (χ0v) is 14.8. The van der Waals surface area contributed by atoms with Crippen molar-refractivity contribution in [2.24, 2.45) is 5.41 Å². The molecule has 0 amide bonds. The quantitative estimate of drug-likeness (QED) is 0.856. The van der Waals surface area contributed by atoms with Crippen LogP contribution in [-0.2, 0) is 0 Å². The van der Waals surface area contributed by atoms with Gasteiger partial charge in [-0.2, -0.15) is 9.78 Å². The summed E-state index contributed by atoms with van der Waals surface area (Å²) >= 11 is 0. The zero-order valence-electron chi connectivity index (χ0n) is 14.8. The van der Waals surface area contributed by atoms with E-state index < -0.39 is 22.5 Å². The van der Waals surface area contributed by atoms with Gasteiger partial charge in [0.05, 0.1) is 7.11 Å². The minimum absolute atomic E-state index is 0.0898. The lowest BCUT2D eigenvalue weighted by atomic mass is 9.88. The first-order valence-electron chi connectivity index (χ1n) is 7.63. The number of hydrogen-bond donors (Lipinski definition) is 1. The summed E-state index contributed by atoms with van der Waals surface area (Å²) in [7, 11) is 1.43. The minimum Gasteiger partial charge on any atom is -0.494 e. The van der Waals surface area contributed by atoms with Crippen LogP contribution < -0.4 is 10.3 Å². The lowest BCUT2D eigenvalue weighted by Crippen LogP contribution is -2.32. The van der Waals surface area contributed by atoms with Crippen LogP contribution in [0.15, 0.2) is 29.1 Å². The van der Waals surface area contributed by atoms with Crippen LogP contribution >= 0.6 is 0 Å². The maximum atomic E-state index is 12.6. The van der Waals surface area contributed by atoms with Gasteiger partial charge in [-0.3, -0.25) is 9.59 Å². The summed E-state index contributed by atoms with van der Waals surface area (Å²) in [5, 5.41) is 13.5. The highest BCUT2D eigenvalue weighted by molar-refractivity contribution is 6.00. The summed E-state index contributed by atoms with van der Waals surface area (Å²) in [5.41, 5.74) is -1.12. The Morgan fingerprint density at radius 2 is 1.84 bits per heavy atom. The second kappa shape index (κ2) is 6.51. The topological polar surface area (TPSA) is 98.5 Å². The molecule has 0 aliphatic carbocycles. The van der Waals surface area contributed by atoms with Gasteiger partial charge in [-0.05, 0) is 30.7 Å². The molecule has 7 nitrogen and oxygen atoms in total. The summed E-state index contributed by atoms with van der Waals surface area (Å²) in [4.78, 5) is 36.6. The number of aromatic carboxylic acids is 1. The fraction of sp³-hybridized carbons (Fsp3) is 0.333. The standard InChI is InChI=1S/C18H20N2O5/c1-10-6-7-14(25-5)13(8-10)20-16(22)11(17(23)24)9-12(19-20)15(21)18(2,3)4/h6-9H,1-5H3,(H,23,24). The Kier molecular flexibility index (Phi) is 4.78. The molecule has 1 N–H and O–H groups in total. The molecule has 0 aliphatic rings. The molecule has 7 heteroatoms. The van der Waals surface area contributed by atoms with Gasteiger partial charge in [-0.25, -0.2) is 4.79 Å². The third kappa shape index (κ3) is 3.60. The van der Waals surface area contributed by atoms with E-state index in [-0.39, 0.29) is 17.2 Å². The number of hydrogen-bond acceptors (Lipinski definition) is 5. The van der Waals surface area contributed by atoms with Gasteiger partial charge in [-0.15, -0.1) is 0 Å². The molecule has 2 aromatic rings. The Balaban J connectivity index is 2.85. The van der Waals surface area contributed by atoms with Gasteiger partial charge in [0.1, 0.15) is 22.7 Å². The molecule has 0 aliphatic heterocycles. The molecule has 0 saturated heterocycles. The summed E-state index contributed by atoms with van der Waals surface area (Å²) in [6.45, 7) is 6.90. The van der Waals surface area contributed by atoms with Crippen molar-refractivity contribution in [1.29, 1.82) is 0 Å². The first-order valence-corrected chi connectivity index (χ1v) is 7.63. The molecular formula is C18H20N2O5. The lowest BCUT2D eigenvalue weighted by molar-refractivity contribution is 0.0694. The van der Waals surface area contributed by atoms with Gasteiger partial charge < -0.3 is 9.84 Å². The average molecular weight is 344 g/mol. The number of benzene rings is 1. The zero-order chi connectivity index (χ0) is 18.9. The van der Waals surface area contributed by atoms with Crippen molar-refractivity contribution < 1.29 is 19.4 Å². The normalized spacial score (nSPS) is 11.2. The molecule has 0 spiro atoms. The van der Waals surface area contributed by atoms with Gasteiger partial charge in [-0.1, -0.05) is 26.8 Å². The Hall–Kier alpha value is -2.96. The molecule has 1 aromatic heterocycles. The summed E-state index contributed by atoms with van der Waals surface area (Å²) in [6.07, 6.45) is 0. The van der Waals surface area contributed by atoms with E-state index >= 15 is 0 Å². The number of carbonyl (C=O) groups excluding carboxylic acids is 1. The SMILES string of the molecule is COc1ccc(C)cc1-n1nc(C(=O)C(C)(C)C)cc(C(=O)O)c1=O. The van der Waals surface area contributed by atoms with Crippen LogP contribution in [0.2, 0.25) is 0 Å². The number of carboxylic acid groups (broad SMARTS) is 1. The molecule has 0 saturated carbocycles. The molecule has 1 aromatic carbocycles. The number of carbonyl (C=O) groups is 2. The molecule has 0 bridgehead atoms. The van der Waals surface area contributed by atoms with Crippen molar-refractivity contribution in [2.45, 2.75) is 27.7 Å². The van der Waals surface area contributed by atoms with Crippen LogP contribution in [0.1, 0.15) is 47.2 Å². The summed E-state index contributed by atoms with van der Waals surface area (Å²) in [5.74, 6) is -1.44. The van der Waals surface area contributed by atoms with Gasteiger partial charge in [0.15, 0.2) is 5.78 Å². The number of Topliss-reactive ketones (excluding diaryl/α,β-unsaturated/α-hetero) is 1. The molecule has 132 valence electrons. The predicted molar refractivity (Wildman–Crippen MR) is 91.9 cm³/mol. The van der Waals surface area contributed by atoms with Gasteiger partial charge in [0, 0.05) is 5.41 Å². The van der Waals surface area contributed by atoms with Crippen molar-refractivity contribution in [3.8, 4) is 11.4 Å². The number of carboxylic acids is 1. The predicted octanol–water partition coefficient (Wildman–Crippen LogP) is 2.48. The van der Waals surface area contributed by atoms with E-state index in [9.17, 15) is 19.5 Å². The Morgan fingerprint density at radius 1 is 1.20 bits per heavy atom. The van der Waals surface area contributed by atoms with Crippen molar-refractivity contribution in [3.63, 3.8) is 0 Å². The number of aromatic nitrogens is 2. The van der Waals surface area contributed by atoms with Crippen molar-refractivity contribution >= 4 is 11.8 Å². The van der Waals surface area contributed by atoms with E-state index in [1.165, 1.54) is 7.11 Å². The number of aryl methyl sites for hydroxylation is 1. The molecular weight excluding hydrogens is 324 g/mol. The van der Waals surface area contributed by atoms with Crippen molar-refractivity contribution in [3.05, 3.63) is 51.4 Å². The summed E-state index contributed by atoms with van der Waals surface area (Å²) < 4.78 is 6.16. The van der Waals surface area contributed by atoms with Crippen LogP contribution in [-0.4, -0.2) is 33.7 Å². The third-order valence-corrected chi connectivity index (χ3v) is 3.62. The van der Waals surface area contributed by atoms with Crippen LogP contribution in [0, 0.1) is 12.3 Å². The van der Waals surface area contributed by atoms with Gasteiger partial charge in [0.25, 0.3) is 5.56 Å². The average Bonchev–Trinajstić information content (AvgIpc) is 2.53. The number of ketones is 1. The van der Waals surface area contributed by atoms with Crippen LogP contribution in [0.4, 0.5) is 0 Å². The van der Waals surface area contributed by atoms with Crippen molar-refractivity contribution in [2.75, 3.05) is 7.11 Å². The number of nitrogens with zero attached hydrogens (tertiary/aromatic N) is 2. The van der Waals surface area contributed by atoms with Crippen molar-refractivity contribution in [1.82, 2.24) is 9.78 Å². The highest BCUT2D eigenvalue weighted by atomic mass is 16.5. The Morgan fingerprint density at radius 3 is 2.36 bits per heavy atom. The Bertz CT molecular complexity index is 907. The van der Waals surface area contributed by atoms with E-state index in [0.717, 1.165) is 16.3 Å². The molecule has 1 heterocycles. The van der Waals surface area contributed by atoms with E-state index in [1.54, 1.807) is 39.0 Å². The van der Waals surface area contributed by atoms with E-state index in [4.69, 9.17) is 4.74 Å². The molecule has 0 atom stereocenters. The Labute approximate surface area is 144 Å². The lowest BCUT2D eigenvalue weighted by Gasteiger charge is -2.18. The molecule has 2 rings (SSSR count). The van der Waals surface area contributed by atoms with Gasteiger partial charge in [0.2, 0.25) is 0 Å². The third-order valence-electron chi connectivity index (χ3n) is 3.62. The number of methoxy groups -OCH3 is 1. The van der Waals surface area contributed by atoms with Crippen LogP contribution in [0.3, 0.4) is 0 Å².